The van der Waals surface area contributed by atoms with Crippen molar-refractivity contribution in [3.8, 4) is 5.69 Å². The van der Waals surface area contributed by atoms with Gasteiger partial charge in [0.2, 0.25) is 5.91 Å². The molecule has 2 heterocycles. The third-order valence-electron chi connectivity index (χ3n) is 5.99. The summed E-state index contributed by atoms with van der Waals surface area (Å²) in [6.45, 7) is 9.83. The molecule has 0 saturated carbocycles. The van der Waals surface area contributed by atoms with Crippen LogP contribution in [0.1, 0.15) is 37.9 Å². The van der Waals surface area contributed by atoms with Crippen molar-refractivity contribution in [2.75, 3.05) is 26.2 Å². The van der Waals surface area contributed by atoms with Crippen molar-refractivity contribution >= 4 is 5.91 Å². The van der Waals surface area contributed by atoms with Crippen molar-refractivity contribution < 1.29 is 4.79 Å². The number of aromatic nitrogens is 2. The Morgan fingerprint density at radius 3 is 2.50 bits per heavy atom. The monoisotopic (exact) mass is 384 g/mol. The maximum absolute atomic E-state index is 13.1. The predicted molar refractivity (Wildman–Crippen MR) is 112 cm³/mol. The van der Waals surface area contributed by atoms with Gasteiger partial charge in [-0.2, -0.15) is 0 Å². The van der Waals surface area contributed by atoms with Gasteiger partial charge in [-0.15, -0.1) is 0 Å². The number of para-hydroxylation sites is 1. The first kappa shape index (κ1) is 20.4. The molecule has 0 radical (unpaired) electrons. The summed E-state index contributed by atoms with van der Waals surface area (Å²) in [5, 5.41) is 0. The molecule has 6 heteroatoms. The topological polar surface area (TPSA) is 50.5 Å². The molecule has 0 unspecified atom stereocenters. The number of likely N-dealkylation sites (tertiary alicyclic amines) is 1. The average molecular weight is 385 g/mol. The van der Waals surface area contributed by atoms with Gasteiger partial charge in [-0.05, 0) is 52.3 Å². The molecule has 1 aliphatic rings. The van der Waals surface area contributed by atoms with Crippen LogP contribution >= 0.6 is 0 Å². The van der Waals surface area contributed by atoms with Gasteiger partial charge >= 0.3 is 0 Å². The van der Waals surface area contributed by atoms with Gasteiger partial charge in [0.05, 0.1) is 17.2 Å². The van der Waals surface area contributed by atoms with Crippen LogP contribution in [0.25, 0.3) is 5.69 Å². The van der Waals surface area contributed by atoms with Gasteiger partial charge in [0.1, 0.15) is 0 Å². The quantitative estimate of drug-likeness (QED) is 0.769. The fraction of sp³-hybridized carbons (Fsp3) is 0.545. The average Bonchev–Trinajstić information content (AvgIpc) is 2.93. The highest BCUT2D eigenvalue weighted by Gasteiger charge is 2.29. The number of benzene rings is 1. The third kappa shape index (κ3) is 3.92. The van der Waals surface area contributed by atoms with Crippen molar-refractivity contribution in [1.29, 1.82) is 0 Å². The van der Waals surface area contributed by atoms with Crippen LogP contribution in [0.5, 0.6) is 0 Å². The Hall–Kier alpha value is -2.34. The first-order valence-corrected chi connectivity index (χ1v) is 10.3. The normalized spacial score (nSPS) is 17.6. The number of rotatable bonds is 6. The Labute approximate surface area is 167 Å². The van der Waals surface area contributed by atoms with Crippen molar-refractivity contribution in [2.45, 2.75) is 40.2 Å². The van der Waals surface area contributed by atoms with Gasteiger partial charge in [-0.25, -0.2) is 4.68 Å². The SMILES string of the molecule is CCN(CC)C(=O)[C@@H]1CCCN(Cc2c(C)n(C)n(-c3ccccc3)c2=O)C1. The molecule has 1 amide bonds. The van der Waals surface area contributed by atoms with Gasteiger partial charge < -0.3 is 4.90 Å². The van der Waals surface area contributed by atoms with E-state index in [1.807, 2.05) is 67.7 Å². The molecule has 1 saturated heterocycles. The molecule has 0 aliphatic carbocycles. The predicted octanol–water partition coefficient (Wildman–Crippen LogP) is 2.56. The number of nitrogens with zero attached hydrogens (tertiary/aromatic N) is 4. The molecule has 0 spiro atoms. The minimum absolute atomic E-state index is 0.0309. The summed E-state index contributed by atoms with van der Waals surface area (Å²) >= 11 is 0. The van der Waals surface area contributed by atoms with E-state index in [9.17, 15) is 9.59 Å². The Kier molecular flexibility index (Phi) is 6.39. The van der Waals surface area contributed by atoms with E-state index < -0.39 is 0 Å². The lowest BCUT2D eigenvalue weighted by Crippen LogP contribution is -2.44. The van der Waals surface area contributed by atoms with Crippen LogP contribution in [0.3, 0.4) is 0 Å². The number of carbonyl (C=O) groups is 1. The highest BCUT2D eigenvalue weighted by atomic mass is 16.2. The second-order valence-corrected chi connectivity index (χ2v) is 7.62. The zero-order valence-corrected chi connectivity index (χ0v) is 17.5. The molecule has 0 N–H and O–H groups in total. The molecule has 1 fully saturated rings. The van der Waals surface area contributed by atoms with Gasteiger partial charge in [0.25, 0.3) is 5.56 Å². The highest BCUT2D eigenvalue weighted by Crippen LogP contribution is 2.21. The number of hydrogen-bond acceptors (Lipinski definition) is 3. The van der Waals surface area contributed by atoms with Crippen molar-refractivity contribution in [3.63, 3.8) is 0 Å². The second kappa shape index (κ2) is 8.78. The Morgan fingerprint density at radius 2 is 1.86 bits per heavy atom. The summed E-state index contributed by atoms with van der Waals surface area (Å²) in [7, 11) is 1.93. The van der Waals surface area contributed by atoms with E-state index in [2.05, 4.69) is 4.90 Å². The summed E-state index contributed by atoms with van der Waals surface area (Å²) in [5.74, 6) is 0.287. The maximum Gasteiger partial charge on any atom is 0.276 e. The number of amides is 1. The lowest BCUT2D eigenvalue weighted by molar-refractivity contribution is -0.137. The molecule has 6 nitrogen and oxygen atoms in total. The van der Waals surface area contributed by atoms with E-state index in [0.29, 0.717) is 6.54 Å². The molecule has 28 heavy (non-hydrogen) atoms. The molecular formula is C22H32N4O2. The largest absolute Gasteiger partial charge is 0.343 e. The van der Waals surface area contributed by atoms with Crippen LogP contribution < -0.4 is 5.56 Å². The molecule has 1 aliphatic heterocycles. The fourth-order valence-corrected chi connectivity index (χ4v) is 4.22. The van der Waals surface area contributed by atoms with Crippen molar-refractivity contribution in [2.24, 2.45) is 13.0 Å². The summed E-state index contributed by atoms with van der Waals surface area (Å²) in [6, 6.07) is 9.73. The molecule has 2 aromatic rings. The lowest BCUT2D eigenvalue weighted by atomic mass is 9.96. The van der Waals surface area contributed by atoms with Crippen LogP contribution in [0.2, 0.25) is 0 Å². The number of piperidine rings is 1. The van der Waals surface area contributed by atoms with Crippen molar-refractivity contribution in [1.82, 2.24) is 19.2 Å². The van der Waals surface area contributed by atoms with E-state index in [1.54, 1.807) is 4.68 Å². The molecule has 0 bridgehead atoms. The molecule has 3 rings (SSSR count). The molecule has 1 aromatic carbocycles. The second-order valence-electron chi connectivity index (χ2n) is 7.62. The Balaban J connectivity index is 1.81. The summed E-state index contributed by atoms with van der Waals surface area (Å²) in [6.07, 6.45) is 1.93. The number of hydrogen-bond donors (Lipinski definition) is 0. The van der Waals surface area contributed by atoms with Crippen LogP contribution in [0, 0.1) is 12.8 Å². The number of carbonyl (C=O) groups excluding carboxylic acids is 1. The zero-order valence-electron chi connectivity index (χ0n) is 17.5. The van der Waals surface area contributed by atoms with E-state index in [1.165, 1.54) is 0 Å². The van der Waals surface area contributed by atoms with Gasteiger partial charge in [0, 0.05) is 38.9 Å². The zero-order chi connectivity index (χ0) is 20.3. The summed E-state index contributed by atoms with van der Waals surface area (Å²) < 4.78 is 3.66. The van der Waals surface area contributed by atoms with Crippen LogP contribution in [0.15, 0.2) is 35.1 Å². The molecule has 1 aromatic heterocycles. The Bertz CT molecular complexity index is 865. The Morgan fingerprint density at radius 1 is 1.18 bits per heavy atom. The van der Waals surface area contributed by atoms with Gasteiger partial charge in [0.15, 0.2) is 0 Å². The minimum Gasteiger partial charge on any atom is -0.343 e. The highest BCUT2D eigenvalue weighted by molar-refractivity contribution is 5.79. The van der Waals surface area contributed by atoms with E-state index >= 15 is 0 Å². The molecule has 1 atom stereocenters. The third-order valence-corrected chi connectivity index (χ3v) is 5.99. The first-order chi connectivity index (χ1) is 13.5. The first-order valence-electron chi connectivity index (χ1n) is 10.3. The van der Waals surface area contributed by atoms with Gasteiger partial charge in [-0.3, -0.25) is 19.2 Å². The maximum atomic E-state index is 13.1. The standard InChI is InChI=1S/C22H32N4O2/c1-5-25(6-2)21(27)18-11-10-14-24(15-18)16-20-17(3)23(4)26(22(20)28)19-12-8-7-9-13-19/h7-9,12-13,18H,5-6,10-11,14-16H2,1-4H3/t18-/m1/s1. The smallest absolute Gasteiger partial charge is 0.276 e. The molecular weight excluding hydrogens is 352 g/mol. The van der Waals surface area contributed by atoms with Crippen molar-refractivity contribution in [3.05, 3.63) is 51.9 Å². The van der Waals surface area contributed by atoms with Crippen LogP contribution in [-0.4, -0.2) is 51.2 Å². The molecule has 152 valence electrons. The minimum atomic E-state index is 0.0309. The van der Waals surface area contributed by atoms with E-state index in [0.717, 1.165) is 56.0 Å². The fourth-order valence-electron chi connectivity index (χ4n) is 4.22. The van der Waals surface area contributed by atoms with Crippen LogP contribution in [-0.2, 0) is 18.4 Å². The van der Waals surface area contributed by atoms with Crippen LogP contribution in [0.4, 0.5) is 0 Å². The van der Waals surface area contributed by atoms with E-state index in [4.69, 9.17) is 0 Å². The van der Waals surface area contributed by atoms with Gasteiger partial charge in [-0.1, -0.05) is 18.2 Å². The van der Waals surface area contributed by atoms with E-state index in [-0.39, 0.29) is 17.4 Å². The lowest BCUT2D eigenvalue weighted by Gasteiger charge is -2.34. The summed E-state index contributed by atoms with van der Waals surface area (Å²) in [5.41, 5.74) is 2.70. The summed E-state index contributed by atoms with van der Waals surface area (Å²) in [4.78, 5) is 30.1.